The molecule has 2 amide bonds. The first-order valence-corrected chi connectivity index (χ1v) is 10.6. The van der Waals surface area contributed by atoms with E-state index in [1.165, 1.54) is 21.5 Å². The number of carbonyl (C=O) groups is 2. The van der Waals surface area contributed by atoms with Crippen molar-refractivity contribution in [3.8, 4) is 5.69 Å². The molecular formula is C19H18N4O2S2. The van der Waals surface area contributed by atoms with Crippen LogP contribution < -0.4 is 0 Å². The average Bonchev–Trinajstić information content (AvgIpc) is 3.40. The van der Waals surface area contributed by atoms with Gasteiger partial charge in [0, 0.05) is 42.1 Å². The lowest BCUT2D eigenvalue weighted by Crippen LogP contribution is -2.31. The summed E-state index contributed by atoms with van der Waals surface area (Å²) in [5.41, 5.74) is 1.00. The first kappa shape index (κ1) is 17.9. The van der Waals surface area contributed by atoms with Gasteiger partial charge in [0.05, 0.1) is 0 Å². The Morgan fingerprint density at radius 3 is 2.48 bits per heavy atom. The molecule has 4 rings (SSSR count). The van der Waals surface area contributed by atoms with Crippen LogP contribution in [0.4, 0.5) is 0 Å². The highest BCUT2D eigenvalue weighted by atomic mass is 32.2. The van der Waals surface area contributed by atoms with E-state index in [2.05, 4.69) is 26.2 Å². The summed E-state index contributed by atoms with van der Waals surface area (Å²) in [6.45, 7) is 0.407. The molecule has 6 nitrogen and oxygen atoms in total. The molecule has 1 aromatic carbocycles. The Hall–Kier alpha value is -2.45. The Bertz CT molecular complexity index is 922. The second-order valence-corrected chi connectivity index (χ2v) is 8.21. The van der Waals surface area contributed by atoms with Crippen LogP contribution in [-0.4, -0.2) is 43.8 Å². The summed E-state index contributed by atoms with van der Waals surface area (Å²) in [6.07, 6.45) is 1.37. The largest absolute Gasteiger partial charge is 0.282 e. The summed E-state index contributed by atoms with van der Waals surface area (Å²) in [5, 5.41) is 11.6. The first-order valence-electron chi connectivity index (χ1n) is 8.70. The van der Waals surface area contributed by atoms with E-state index in [0.29, 0.717) is 31.6 Å². The van der Waals surface area contributed by atoms with Gasteiger partial charge < -0.3 is 0 Å². The van der Waals surface area contributed by atoms with Crippen molar-refractivity contribution in [2.45, 2.75) is 24.4 Å². The minimum Gasteiger partial charge on any atom is -0.282 e. The second kappa shape index (κ2) is 8.06. The number of hydrogen-bond donors (Lipinski definition) is 0. The molecule has 3 heterocycles. The quantitative estimate of drug-likeness (QED) is 0.452. The topological polar surface area (TPSA) is 68.1 Å². The number of thioether (sulfide) groups is 1. The molecule has 1 fully saturated rings. The van der Waals surface area contributed by atoms with Crippen molar-refractivity contribution in [1.82, 2.24) is 19.7 Å². The molecule has 0 atom stereocenters. The van der Waals surface area contributed by atoms with E-state index in [0.717, 1.165) is 16.7 Å². The van der Waals surface area contributed by atoms with Crippen molar-refractivity contribution in [2.24, 2.45) is 0 Å². The summed E-state index contributed by atoms with van der Waals surface area (Å²) in [6, 6.07) is 14.1. The SMILES string of the molecule is O=C1CCC(=O)N1CCSc1nnc(Cc2cccs2)n1-c1ccccc1. The van der Waals surface area contributed by atoms with Crippen LogP contribution in [-0.2, 0) is 16.0 Å². The van der Waals surface area contributed by atoms with E-state index in [-0.39, 0.29) is 11.8 Å². The van der Waals surface area contributed by atoms with Gasteiger partial charge >= 0.3 is 0 Å². The number of carbonyl (C=O) groups excluding carboxylic acids is 2. The highest BCUT2D eigenvalue weighted by Gasteiger charge is 2.28. The zero-order chi connectivity index (χ0) is 18.6. The van der Waals surface area contributed by atoms with Crippen LogP contribution in [0.3, 0.4) is 0 Å². The van der Waals surface area contributed by atoms with E-state index >= 15 is 0 Å². The van der Waals surface area contributed by atoms with E-state index < -0.39 is 0 Å². The maximum atomic E-state index is 11.8. The Kier molecular flexibility index (Phi) is 5.35. The molecular weight excluding hydrogens is 380 g/mol. The standard InChI is InChI=1S/C19H18N4O2S2/c24-17-8-9-18(25)22(17)10-12-27-19-21-20-16(13-15-7-4-11-26-15)23(19)14-5-2-1-3-6-14/h1-7,11H,8-10,12-13H2. The van der Waals surface area contributed by atoms with Crippen molar-refractivity contribution in [1.29, 1.82) is 0 Å². The molecule has 0 radical (unpaired) electrons. The van der Waals surface area contributed by atoms with E-state index in [4.69, 9.17) is 0 Å². The fourth-order valence-corrected chi connectivity index (χ4v) is 4.61. The van der Waals surface area contributed by atoms with Crippen molar-refractivity contribution < 1.29 is 9.59 Å². The van der Waals surface area contributed by atoms with Gasteiger partial charge in [-0.2, -0.15) is 0 Å². The van der Waals surface area contributed by atoms with Gasteiger partial charge in [0.2, 0.25) is 11.8 Å². The van der Waals surface area contributed by atoms with Gasteiger partial charge in [-0.15, -0.1) is 21.5 Å². The van der Waals surface area contributed by atoms with Gasteiger partial charge in [-0.25, -0.2) is 0 Å². The van der Waals surface area contributed by atoms with Gasteiger partial charge in [0.15, 0.2) is 5.16 Å². The molecule has 0 spiro atoms. The summed E-state index contributed by atoms with van der Waals surface area (Å²) >= 11 is 3.21. The van der Waals surface area contributed by atoms with Crippen molar-refractivity contribution in [2.75, 3.05) is 12.3 Å². The summed E-state index contributed by atoms with van der Waals surface area (Å²) < 4.78 is 2.05. The van der Waals surface area contributed by atoms with E-state index in [1.54, 1.807) is 11.3 Å². The Morgan fingerprint density at radius 1 is 1.00 bits per heavy atom. The molecule has 0 N–H and O–H groups in total. The number of rotatable bonds is 7. The minimum atomic E-state index is -0.0801. The Morgan fingerprint density at radius 2 is 1.78 bits per heavy atom. The molecule has 0 unspecified atom stereocenters. The molecule has 27 heavy (non-hydrogen) atoms. The van der Waals surface area contributed by atoms with Crippen LogP contribution in [0.2, 0.25) is 0 Å². The average molecular weight is 399 g/mol. The number of imide groups is 1. The van der Waals surface area contributed by atoms with Crippen LogP contribution in [0.1, 0.15) is 23.5 Å². The third kappa shape index (κ3) is 3.96. The predicted octanol–water partition coefficient (Wildman–Crippen LogP) is 3.16. The number of thiophene rings is 1. The van der Waals surface area contributed by atoms with Crippen LogP contribution in [0.15, 0.2) is 53.0 Å². The number of benzene rings is 1. The molecule has 1 saturated heterocycles. The number of amides is 2. The lowest BCUT2D eigenvalue weighted by Gasteiger charge is -2.13. The highest BCUT2D eigenvalue weighted by molar-refractivity contribution is 7.99. The summed E-state index contributed by atoms with van der Waals surface area (Å²) in [4.78, 5) is 26.1. The van der Waals surface area contributed by atoms with Crippen molar-refractivity contribution in [3.63, 3.8) is 0 Å². The van der Waals surface area contributed by atoms with Gasteiger partial charge in [-0.1, -0.05) is 36.0 Å². The smallest absolute Gasteiger partial charge is 0.229 e. The van der Waals surface area contributed by atoms with Gasteiger partial charge in [0.1, 0.15) is 5.82 Å². The number of nitrogens with zero attached hydrogens (tertiary/aromatic N) is 4. The van der Waals surface area contributed by atoms with Crippen LogP contribution in [0.25, 0.3) is 5.69 Å². The third-order valence-electron chi connectivity index (χ3n) is 4.33. The Balaban J connectivity index is 1.54. The Labute approximate surface area is 165 Å². The monoisotopic (exact) mass is 398 g/mol. The minimum absolute atomic E-state index is 0.0801. The zero-order valence-corrected chi connectivity index (χ0v) is 16.2. The third-order valence-corrected chi connectivity index (χ3v) is 6.11. The van der Waals surface area contributed by atoms with Crippen molar-refractivity contribution >= 4 is 34.9 Å². The molecule has 0 saturated carbocycles. The molecule has 0 aliphatic carbocycles. The molecule has 1 aliphatic heterocycles. The molecule has 0 bridgehead atoms. The highest BCUT2D eigenvalue weighted by Crippen LogP contribution is 2.25. The van der Waals surface area contributed by atoms with Crippen LogP contribution >= 0.6 is 23.1 Å². The summed E-state index contributed by atoms with van der Waals surface area (Å²) in [5.74, 6) is 1.31. The number of likely N-dealkylation sites (tertiary alicyclic amines) is 1. The number of aromatic nitrogens is 3. The lowest BCUT2D eigenvalue weighted by molar-refractivity contribution is -0.137. The molecule has 138 valence electrons. The van der Waals surface area contributed by atoms with Gasteiger partial charge in [0.25, 0.3) is 0 Å². The maximum absolute atomic E-state index is 11.8. The predicted molar refractivity (Wildman–Crippen MR) is 105 cm³/mol. The van der Waals surface area contributed by atoms with Crippen LogP contribution in [0, 0.1) is 0 Å². The van der Waals surface area contributed by atoms with E-state index in [9.17, 15) is 9.59 Å². The second-order valence-electron chi connectivity index (χ2n) is 6.11. The molecule has 8 heteroatoms. The zero-order valence-electron chi connectivity index (χ0n) is 14.6. The van der Waals surface area contributed by atoms with Crippen LogP contribution in [0.5, 0.6) is 0 Å². The molecule has 2 aromatic heterocycles. The van der Waals surface area contributed by atoms with E-state index in [1.807, 2.05) is 36.4 Å². The van der Waals surface area contributed by atoms with Crippen molar-refractivity contribution in [3.05, 3.63) is 58.5 Å². The van der Waals surface area contributed by atoms with Gasteiger partial charge in [-0.05, 0) is 23.6 Å². The number of hydrogen-bond acceptors (Lipinski definition) is 6. The molecule has 1 aliphatic rings. The van der Waals surface area contributed by atoms with Gasteiger partial charge in [-0.3, -0.25) is 19.1 Å². The summed E-state index contributed by atoms with van der Waals surface area (Å²) in [7, 11) is 0. The fraction of sp³-hybridized carbons (Fsp3) is 0.263. The lowest BCUT2D eigenvalue weighted by atomic mass is 10.3. The molecule has 3 aromatic rings. The normalized spacial score (nSPS) is 14.3. The first-order chi connectivity index (χ1) is 13.2. The number of para-hydroxylation sites is 1. The fourth-order valence-electron chi connectivity index (χ4n) is 3.01. The maximum Gasteiger partial charge on any atom is 0.229 e.